The molecule has 4 aromatic rings. The molecule has 1 saturated carbocycles. The van der Waals surface area contributed by atoms with Crippen LogP contribution in [0, 0.1) is 0 Å². The molecule has 1 atom stereocenters. The summed E-state index contributed by atoms with van der Waals surface area (Å²) in [4.78, 5) is 29.3. The van der Waals surface area contributed by atoms with E-state index in [0.717, 1.165) is 58.7 Å². The summed E-state index contributed by atoms with van der Waals surface area (Å²) < 4.78 is 6.04. The van der Waals surface area contributed by atoms with E-state index in [1.165, 1.54) is 12.8 Å². The lowest BCUT2D eigenvalue weighted by Gasteiger charge is -2.24. The van der Waals surface area contributed by atoms with Crippen LogP contribution in [0.25, 0.3) is 22.3 Å². The Kier molecular flexibility index (Phi) is 5.13. The van der Waals surface area contributed by atoms with Crippen molar-refractivity contribution in [3.63, 3.8) is 0 Å². The summed E-state index contributed by atoms with van der Waals surface area (Å²) in [5, 5.41) is 3.17. The third-order valence-corrected chi connectivity index (χ3v) is 6.78. The highest BCUT2D eigenvalue weighted by molar-refractivity contribution is 5.94. The van der Waals surface area contributed by atoms with E-state index in [2.05, 4.69) is 20.3 Å². The molecular weight excluding hydrogens is 428 g/mol. The number of carbonyl (C=O) groups is 1. The summed E-state index contributed by atoms with van der Waals surface area (Å²) in [6.45, 7) is 0.537. The molecule has 1 unspecified atom stereocenters. The number of rotatable bonds is 4. The summed E-state index contributed by atoms with van der Waals surface area (Å²) in [5.74, 6) is 2.04. The number of aromatic amines is 1. The van der Waals surface area contributed by atoms with Crippen molar-refractivity contribution in [1.82, 2.24) is 25.3 Å². The highest BCUT2D eigenvalue weighted by Gasteiger charge is 2.26. The van der Waals surface area contributed by atoms with Crippen LogP contribution in [0.2, 0.25) is 0 Å². The van der Waals surface area contributed by atoms with Gasteiger partial charge in [-0.25, -0.2) is 15.0 Å². The number of benzene rings is 2. The van der Waals surface area contributed by atoms with Crippen molar-refractivity contribution < 1.29 is 9.53 Å². The maximum Gasteiger partial charge on any atom is 0.251 e. The molecule has 0 bridgehead atoms. The van der Waals surface area contributed by atoms with Crippen LogP contribution in [0.4, 0.5) is 5.95 Å². The van der Waals surface area contributed by atoms with E-state index in [-0.39, 0.29) is 17.8 Å². The maximum absolute atomic E-state index is 12.7. The number of nitrogens with two attached hydrogens (primary N) is 1. The first-order valence-electron chi connectivity index (χ1n) is 11.8. The number of H-pyrrole nitrogens is 1. The number of aromatic nitrogens is 4. The van der Waals surface area contributed by atoms with E-state index >= 15 is 0 Å². The van der Waals surface area contributed by atoms with E-state index < -0.39 is 0 Å². The van der Waals surface area contributed by atoms with Gasteiger partial charge in [-0.05, 0) is 61.2 Å². The SMILES string of the molecule is Nc1nccc(-c2ccc3[nH]c(C4COc5ccc(C(=O)NC6CCCC6)cc5C4)nc3c2)n1. The molecule has 8 heteroatoms. The molecule has 2 aromatic carbocycles. The summed E-state index contributed by atoms with van der Waals surface area (Å²) >= 11 is 0. The van der Waals surface area contributed by atoms with E-state index in [9.17, 15) is 4.79 Å². The Labute approximate surface area is 197 Å². The molecule has 1 fully saturated rings. The average molecular weight is 455 g/mol. The fraction of sp³-hybridized carbons (Fsp3) is 0.308. The predicted octanol–water partition coefficient (Wildman–Crippen LogP) is 3.99. The largest absolute Gasteiger partial charge is 0.493 e. The van der Waals surface area contributed by atoms with E-state index in [4.69, 9.17) is 15.5 Å². The van der Waals surface area contributed by atoms with E-state index in [1.54, 1.807) is 6.20 Å². The quantitative estimate of drug-likeness (QED) is 0.429. The fourth-order valence-corrected chi connectivity index (χ4v) is 4.96. The Balaban J connectivity index is 1.23. The summed E-state index contributed by atoms with van der Waals surface area (Å²) in [6, 6.07) is 13.9. The van der Waals surface area contributed by atoms with Crippen LogP contribution >= 0.6 is 0 Å². The van der Waals surface area contributed by atoms with Crippen LogP contribution in [0.3, 0.4) is 0 Å². The van der Waals surface area contributed by atoms with Crippen LogP contribution in [-0.2, 0) is 6.42 Å². The van der Waals surface area contributed by atoms with Gasteiger partial charge < -0.3 is 20.8 Å². The molecule has 1 aliphatic carbocycles. The van der Waals surface area contributed by atoms with E-state index in [1.807, 2.05) is 42.5 Å². The molecule has 1 aliphatic heterocycles. The molecule has 2 aliphatic rings. The van der Waals surface area contributed by atoms with Gasteiger partial charge in [0.15, 0.2) is 0 Å². The smallest absolute Gasteiger partial charge is 0.251 e. The second-order valence-corrected chi connectivity index (χ2v) is 9.14. The molecule has 34 heavy (non-hydrogen) atoms. The standard InChI is InChI=1S/C26H26N6O2/c27-26-28-10-9-20(32-26)15-5-7-21-22(13-15)31-24(30-21)18-12-17-11-16(6-8-23(17)34-14-18)25(33)29-19-3-1-2-4-19/h5-11,13,18-19H,1-4,12,14H2,(H,29,33)(H,30,31)(H2,27,28,32). The maximum atomic E-state index is 12.7. The van der Waals surface area contributed by atoms with Crippen molar-refractivity contribution in [3.8, 4) is 17.0 Å². The number of fused-ring (bicyclic) bond motifs is 2. The number of nitrogens with one attached hydrogen (secondary N) is 2. The van der Waals surface area contributed by atoms with Crippen molar-refractivity contribution in [3.05, 3.63) is 65.6 Å². The van der Waals surface area contributed by atoms with Crippen molar-refractivity contribution in [1.29, 1.82) is 0 Å². The Hall–Kier alpha value is -3.94. The number of ether oxygens (including phenoxy) is 1. The van der Waals surface area contributed by atoms with Gasteiger partial charge in [0.25, 0.3) is 5.91 Å². The van der Waals surface area contributed by atoms with Gasteiger partial charge in [0.05, 0.1) is 29.3 Å². The van der Waals surface area contributed by atoms with Crippen LogP contribution in [-0.4, -0.2) is 38.5 Å². The first kappa shape index (κ1) is 20.7. The Morgan fingerprint density at radius 2 is 1.97 bits per heavy atom. The van der Waals surface area contributed by atoms with Crippen LogP contribution < -0.4 is 15.8 Å². The molecule has 0 spiro atoms. The molecule has 4 N–H and O–H groups in total. The lowest BCUT2D eigenvalue weighted by atomic mass is 9.94. The summed E-state index contributed by atoms with van der Waals surface area (Å²) in [5.41, 5.74) is 11.0. The second kappa shape index (κ2) is 8.44. The second-order valence-electron chi connectivity index (χ2n) is 9.14. The number of nitrogens with zero attached hydrogens (tertiary/aromatic N) is 3. The Bertz CT molecular complexity index is 1370. The van der Waals surface area contributed by atoms with Crippen LogP contribution in [0.5, 0.6) is 5.75 Å². The molecule has 8 nitrogen and oxygen atoms in total. The normalized spacial score (nSPS) is 17.9. The van der Waals surface area contributed by atoms with Gasteiger partial charge in [-0.3, -0.25) is 4.79 Å². The van der Waals surface area contributed by atoms with Crippen molar-refractivity contribution >= 4 is 22.9 Å². The number of amides is 1. The minimum absolute atomic E-state index is 0.00144. The lowest BCUT2D eigenvalue weighted by Crippen LogP contribution is -2.32. The van der Waals surface area contributed by atoms with Crippen molar-refractivity contribution in [2.24, 2.45) is 0 Å². The molecule has 6 rings (SSSR count). The predicted molar refractivity (Wildman–Crippen MR) is 130 cm³/mol. The van der Waals surface area contributed by atoms with Gasteiger partial charge in [0.1, 0.15) is 11.6 Å². The Morgan fingerprint density at radius 1 is 1.09 bits per heavy atom. The first-order valence-corrected chi connectivity index (χ1v) is 11.8. The number of hydrogen-bond acceptors (Lipinski definition) is 6. The van der Waals surface area contributed by atoms with Gasteiger partial charge in [0, 0.05) is 23.4 Å². The zero-order valence-corrected chi connectivity index (χ0v) is 18.8. The molecule has 3 heterocycles. The summed E-state index contributed by atoms with van der Waals surface area (Å²) in [6.07, 6.45) is 6.93. The number of anilines is 1. The molecule has 0 radical (unpaired) electrons. The van der Waals surface area contributed by atoms with Crippen LogP contribution in [0.1, 0.15) is 53.3 Å². The third kappa shape index (κ3) is 3.96. The number of hydrogen-bond donors (Lipinski definition) is 3. The minimum atomic E-state index is -0.00144. The monoisotopic (exact) mass is 454 g/mol. The number of imidazole rings is 1. The highest BCUT2D eigenvalue weighted by atomic mass is 16.5. The molecular formula is C26H26N6O2. The van der Waals surface area contributed by atoms with Gasteiger partial charge in [-0.1, -0.05) is 18.9 Å². The van der Waals surface area contributed by atoms with E-state index in [0.29, 0.717) is 18.2 Å². The third-order valence-electron chi connectivity index (χ3n) is 6.78. The Morgan fingerprint density at radius 3 is 2.82 bits per heavy atom. The van der Waals surface area contributed by atoms with Gasteiger partial charge in [0.2, 0.25) is 5.95 Å². The number of nitrogen functional groups attached to an aromatic ring is 1. The zero-order chi connectivity index (χ0) is 23.1. The van der Waals surface area contributed by atoms with Crippen molar-refractivity contribution in [2.45, 2.75) is 44.1 Å². The fourth-order valence-electron chi connectivity index (χ4n) is 4.96. The molecule has 172 valence electrons. The topological polar surface area (TPSA) is 119 Å². The van der Waals surface area contributed by atoms with Crippen LogP contribution in [0.15, 0.2) is 48.7 Å². The highest BCUT2D eigenvalue weighted by Crippen LogP contribution is 2.33. The van der Waals surface area contributed by atoms with Gasteiger partial charge >= 0.3 is 0 Å². The van der Waals surface area contributed by atoms with Gasteiger partial charge in [-0.15, -0.1) is 0 Å². The zero-order valence-electron chi connectivity index (χ0n) is 18.8. The molecule has 1 amide bonds. The van der Waals surface area contributed by atoms with Crippen molar-refractivity contribution in [2.75, 3.05) is 12.3 Å². The first-order chi connectivity index (χ1) is 16.6. The van der Waals surface area contributed by atoms with Gasteiger partial charge in [-0.2, -0.15) is 0 Å². The minimum Gasteiger partial charge on any atom is -0.493 e. The lowest BCUT2D eigenvalue weighted by molar-refractivity contribution is 0.0937. The molecule has 2 aromatic heterocycles. The average Bonchev–Trinajstić information content (AvgIpc) is 3.52. The summed E-state index contributed by atoms with van der Waals surface area (Å²) in [7, 11) is 0. The molecule has 0 saturated heterocycles. The number of carbonyl (C=O) groups excluding carboxylic acids is 1.